The summed E-state index contributed by atoms with van der Waals surface area (Å²) in [6.45, 7) is 4.99. The number of carbonyl (C=O) groups is 1. The molecule has 3 heterocycles. The molecule has 0 spiro atoms. The van der Waals surface area contributed by atoms with Gasteiger partial charge in [0.05, 0.1) is 11.3 Å². The van der Waals surface area contributed by atoms with Crippen molar-refractivity contribution >= 4 is 22.5 Å². The lowest BCUT2D eigenvalue weighted by atomic mass is 10.0. The molecule has 2 saturated heterocycles. The number of aromatic nitrogens is 1. The van der Waals surface area contributed by atoms with Crippen LogP contribution in [0.2, 0.25) is 0 Å². The van der Waals surface area contributed by atoms with Crippen LogP contribution >= 0.6 is 0 Å². The summed E-state index contributed by atoms with van der Waals surface area (Å²) in [5, 5.41) is 0.989. The standard InChI is InChI=1S/C24H27FN4O/c25-21-8-2-4-10-23(21)28-14-12-27(13-15-28)18-6-5-11-29(17-18)24(30)20-16-26-22-9-3-1-7-19(20)22/h1-4,7-10,16,18,26H,5-6,11-15,17H2/t18-/m1/s1. The number of nitrogens with zero attached hydrogens (tertiary/aromatic N) is 3. The van der Waals surface area contributed by atoms with Gasteiger partial charge in [0.15, 0.2) is 0 Å². The van der Waals surface area contributed by atoms with Gasteiger partial charge in [0.2, 0.25) is 0 Å². The summed E-state index contributed by atoms with van der Waals surface area (Å²) in [5.41, 5.74) is 2.45. The Morgan fingerprint density at radius 3 is 2.57 bits per heavy atom. The maximum atomic E-state index is 14.1. The number of rotatable bonds is 3. The Morgan fingerprint density at radius 1 is 0.967 bits per heavy atom. The molecular weight excluding hydrogens is 379 g/mol. The summed E-state index contributed by atoms with van der Waals surface area (Å²) < 4.78 is 14.1. The molecule has 156 valence electrons. The molecule has 5 rings (SSSR count). The number of H-pyrrole nitrogens is 1. The lowest BCUT2D eigenvalue weighted by molar-refractivity contribution is 0.0565. The Balaban J connectivity index is 1.24. The molecule has 2 aromatic carbocycles. The van der Waals surface area contributed by atoms with Crippen LogP contribution in [0.15, 0.2) is 54.7 Å². The van der Waals surface area contributed by atoms with E-state index in [4.69, 9.17) is 0 Å². The minimum atomic E-state index is -0.154. The van der Waals surface area contributed by atoms with E-state index in [0.29, 0.717) is 11.7 Å². The first-order chi connectivity index (χ1) is 14.7. The first kappa shape index (κ1) is 19.1. The smallest absolute Gasteiger partial charge is 0.256 e. The molecule has 2 aliphatic rings. The van der Waals surface area contributed by atoms with Crippen molar-refractivity contribution in [1.29, 1.82) is 0 Å². The zero-order valence-electron chi connectivity index (χ0n) is 17.1. The Labute approximate surface area is 176 Å². The number of aromatic amines is 1. The second kappa shape index (κ2) is 8.11. The van der Waals surface area contributed by atoms with Crippen LogP contribution in [0.3, 0.4) is 0 Å². The van der Waals surface area contributed by atoms with E-state index in [9.17, 15) is 9.18 Å². The molecule has 0 radical (unpaired) electrons. The molecule has 5 nitrogen and oxygen atoms in total. The van der Waals surface area contributed by atoms with Crippen LogP contribution in [0.25, 0.3) is 10.9 Å². The van der Waals surface area contributed by atoms with E-state index in [0.717, 1.165) is 68.6 Å². The minimum absolute atomic E-state index is 0.113. The summed E-state index contributed by atoms with van der Waals surface area (Å²) in [6, 6.07) is 15.3. The third-order valence-electron chi connectivity index (χ3n) is 6.53. The van der Waals surface area contributed by atoms with Crippen LogP contribution < -0.4 is 4.90 Å². The van der Waals surface area contributed by atoms with Gasteiger partial charge in [0.1, 0.15) is 5.82 Å². The van der Waals surface area contributed by atoms with Gasteiger partial charge >= 0.3 is 0 Å². The van der Waals surface area contributed by atoms with Gasteiger partial charge in [-0.25, -0.2) is 4.39 Å². The second-order valence-corrected chi connectivity index (χ2v) is 8.27. The number of nitrogens with one attached hydrogen (secondary N) is 1. The van der Waals surface area contributed by atoms with Crippen LogP contribution in [-0.4, -0.2) is 66.0 Å². The fourth-order valence-corrected chi connectivity index (χ4v) is 4.89. The van der Waals surface area contributed by atoms with Gasteiger partial charge < -0.3 is 14.8 Å². The van der Waals surface area contributed by atoms with Crippen molar-refractivity contribution in [2.24, 2.45) is 0 Å². The van der Waals surface area contributed by atoms with Crippen molar-refractivity contribution < 1.29 is 9.18 Å². The van der Waals surface area contributed by atoms with Crippen molar-refractivity contribution in [2.45, 2.75) is 18.9 Å². The molecule has 2 fully saturated rings. The summed E-state index contributed by atoms with van der Waals surface area (Å²) in [4.78, 5) is 23.0. The lowest BCUT2D eigenvalue weighted by Crippen LogP contribution is -2.56. The highest BCUT2D eigenvalue weighted by Gasteiger charge is 2.31. The quantitative estimate of drug-likeness (QED) is 0.721. The Morgan fingerprint density at radius 2 is 1.73 bits per heavy atom. The average molecular weight is 407 g/mol. The van der Waals surface area contributed by atoms with Gasteiger partial charge in [-0.15, -0.1) is 0 Å². The molecule has 30 heavy (non-hydrogen) atoms. The van der Waals surface area contributed by atoms with E-state index in [1.807, 2.05) is 47.5 Å². The van der Waals surface area contributed by atoms with E-state index in [2.05, 4.69) is 14.8 Å². The second-order valence-electron chi connectivity index (χ2n) is 8.27. The number of para-hydroxylation sites is 2. The van der Waals surface area contributed by atoms with E-state index < -0.39 is 0 Å². The predicted molar refractivity (Wildman–Crippen MR) is 117 cm³/mol. The fraction of sp³-hybridized carbons (Fsp3) is 0.375. The topological polar surface area (TPSA) is 42.6 Å². The summed E-state index contributed by atoms with van der Waals surface area (Å²) in [7, 11) is 0. The van der Waals surface area contributed by atoms with Crippen molar-refractivity contribution in [3.63, 3.8) is 0 Å². The van der Waals surface area contributed by atoms with Crippen LogP contribution in [0.4, 0.5) is 10.1 Å². The maximum absolute atomic E-state index is 14.1. The number of anilines is 1. The molecule has 1 aromatic heterocycles. The number of carbonyl (C=O) groups excluding carboxylic acids is 1. The summed E-state index contributed by atoms with van der Waals surface area (Å²) in [6.07, 6.45) is 3.97. The van der Waals surface area contributed by atoms with Gasteiger partial charge in [-0.1, -0.05) is 30.3 Å². The molecule has 0 saturated carbocycles. The highest BCUT2D eigenvalue weighted by molar-refractivity contribution is 6.06. The molecule has 1 N–H and O–H groups in total. The number of amides is 1. The third-order valence-corrected chi connectivity index (χ3v) is 6.53. The molecule has 1 atom stereocenters. The Hall–Kier alpha value is -2.86. The van der Waals surface area contributed by atoms with Crippen LogP contribution in [0.1, 0.15) is 23.2 Å². The van der Waals surface area contributed by atoms with E-state index in [1.165, 1.54) is 6.07 Å². The number of likely N-dealkylation sites (tertiary alicyclic amines) is 1. The Kier molecular flexibility index (Phi) is 5.17. The van der Waals surface area contributed by atoms with E-state index in [1.54, 1.807) is 6.07 Å². The number of hydrogen-bond acceptors (Lipinski definition) is 3. The van der Waals surface area contributed by atoms with Crippen molar-refractivity contribution in [1.82, 2.24) is 14.8 Å². The SMILES string of the molecule is O=C(c1c[nH]c2ccccc12)N1CCC[C@@H](N2CCN(c3ccccc3F)CC2)C1. The van der Waals surface area contributed by atoms with Gasteiger partial charge in [-0.2, -0.15) is 0 Å². The maximum Gasteiger partial charge on any atom is 0.256 e. The molecule has 0 aliphatic carbocycles. The van der Waals surface area contributed by atoms with Gasteiger partial charge in [-0.3, -0.25) is 9.69 Å². The number of benzene rings is 2. The molecule has 0 unspecified atom stereocenters. The first-order valence-electron chi connectivity index (χ1n) is 10.8. The molecule has 3 aromatic rings. The minimum Gasteiger partial charge on any atom is -0.367 e. The predicted octanol–water partition coefficient (Wildman–Crippen LogP) is 3.73. The molecular formula is C24H27FN4O. The highest BCUT2D eigenvalue weighted by atomic mass is 19.1. The lowest BCUT2D eigenvalue weighted by Gasteiger charge is -2.44. The van der Waals surface area contributed by atoms with Crippen LogP contribution in [-0.2, 0) is 0 Å². The number of halogens is 1. The van der Waals surface area contributed by atoms with Crippen LogP contribution in [0, 0.1) is 5.82 Å². The Bertz CT molecular complexity index is 1040. The number of piperazine rings is 1. The fourth-order valence-electron chi connectivity index (χ4n) is 4.89. The van der Waals surface area contributed by atoms with Gasteiger partial charge in [0, 0.05) is 62.4 Å². The summed E-state index contributed by atoms with van der Waals surface area (Å²) in [5.74, 6) is -0.0405. The van der Waals surface area contributed by atoms with Crippen LogP contribution in [0.5, 0.6) is 0 Å². The molecule has 6 heteroatoms. The number of piperidine rings is 1. The zero-order chi connectivity index (χ0) is 20.5. The average Bonchev–Trinajstić information content (AvgIpc) is 3.23. The highest BCUT2D eigenvalue weighted by Crippen LogP contribution is 2.25. The zero-order valence-corrected chi connectivity index (χ0v) is 17.1. The molecule has 0 bridgehead atoms. The van der Waals surface area contributed by atoms with Gasteiger partial charge in [-0.05, 0) is 31.0 Å². The normalized spacial score (nSPS) is 20.6. The van der Waals surface area contributed by atoms with E-state index in [-0.39, 0.29) is 11.7 Å². The third kappa shape index (κ3) is 3.56. The first-order valence-corrected chi connectivity index (χ1v) is 10.8. The van der Waals surface area contributed by atoms with Crippen molar-refractivity contribution in [2.75, 3.05) is 44.2 Å². The van der Waals surface area contributed by atoms with Crippen molar-refractivity contribution in [3.8, 4) is 0 Å². The molecule has 2 aliphatic heterocycles. The monoisotopic (exact) mass is 406 g/mol. The summed E-state index contributed by atoms with van der Waals surface area (Å²) >= 11 is 0. The van der Waals surface area contributed by atoms with Gasteiger partial charge in [0.25, 0.3) is 5.91 Å². The van der Waals surface area contributed by atoms with E-state index >= 15 is 0 Å². The van der Waals surface area contributed by atoms with Crippen molar-refractivity contribution in [3.05, 3.63) is 66.1 Å². The number of fused-ring (bicyclic) bond motifs is 1. The number of hydrogen-bond donors (Lipinski definition) is 1. The largest absolute Gasteiger partial charge is 0.367 e. The molecule has 1 amide bonds.